The fourth-order valence-electron chi connectivity index (χ4n) is 3.45. The molecule has 1 aromatic rings. The van der Waals surface area contributed by atoms with Crippen LogP contribution in [0, 0.1) is 12.8 Å². The van der Waals surface area contributed by atoms with E-state index in [0.29, 0.717) is 23.2 Å². The van der Waals surface area contributed by atoms with Gasteiger partial charge in [0.05, 0.1) is 18.3 Å². The normalized spacial score (nSPS) is 19.8. The second-order valence-corrected chi connectivity index (χ2v) is 8.63. The van der Waals surface area contributed by atoms with Crippen molar-refractivity contribution in [2.75, 3.05) is 33.3 Å². The fraction of sp³-hybridized carbons (Fsp3) is 0.750. The number of carbonyl (C=O) groups is 1. The zero-order valence-electron chi connectivity index (χ0n) is 18.4. The van der Waals surface area contributed by atoms with Crippen LogP contribution in [0.4, 0.5) is 0 Å². The molecule has 0 spiro atoms. The quantitative estimate of drug-likeness (QED) is 0.240. The standard InChI is InChI=1S/C20H35N5O2S.HI/c1-7-27-19(26)17-15(4)23-18(28-17)16(5)24-20(21-6)22-11-14(3)25-10-8-9-13(2)12-25;/h13-14,16H,7-12H2,1-6H3,(H2,21,22,24);1H. The van der Waals surface area contributed by atoms with Crippen molar-refractivity contribution in [2.24, 2.45) is 10.9 Å². The van der Waals surface area contributed by atoms with Crippen LogP contribution in [0.1, 0.15) is 67.0 Å². The van der Waals surface area contributed by atoms with Crippen LogP contribution < -0.4 is 10.6 Å². The van der Waals surface area contributed by atoms with Gasteiger partial charge in [-0.1, -0.05) is 6.92 Å². The van der Waals surface area contributed by atoms with Gasteiger partial charge in [-0.2, -0.15) is 0 Å². The fourth-order valence-corrected chi connectivity index (χ4v) is 4.41. The topological polar surface area (TPSA) is 78.8 Å². The molecule has 1 aliphatic heterocycles. The number of aliphatic imine (C=N–C) groups is 1. The predicted octanol–water partition coefficient (Wildman–Crippen LogP) is 3.59. The van der Waals surface area contributed by atoms with Gasteiger partial charge >= 0.3 is 5.97 Å². The first-order chi connectivity index (χ1) is 13.3. The van der Waals surface area contributed by atoms with Gasteiger partial charge in [-0.15, -0.1) is 35.3 Å². The van der Waals surface area contributed by atoms with Crippen LogP contribution in [-0.2, 0) is 4.74 Å². The van der Waals surface area contributed by atoms with Crippen molar-refractivity contribution < 1.29 is 9.53 Å². The summed E-state index contributed by atoms with van der Waals surface area (Å²) in [5, 5.41) is 7.66. The van der Waals surface area contributed by atoms with Crippen molar-refractivity contribution in [1.82, 2.24) is 20.5 Å². The summed E-state index contributed by atoms with van der Waals surface area (Å²) in [5.74, 6) is 1.22. The van der Waals surface area contributed by atoms with E-state index in [-0.39, 0.29) is 36.0 Å². The lowest BCUT2D eigenvalue weighted by Crippen LogP contribution is -2.48. The largest absolute Gasteiger partial charge is 0.462 e. The smallest absolute Gasteiger partial charge is 0.350 e. The summed E-state index contributed by atoms with van der Waals surface area (Å²) in [4.78, 5) is 24.0. The highest BCUT2D eigenvalue weighted by Gasteiger charge is 2.22. The Hall–Kier alpha value is -0.940. The summed E-state index contributed by atoms with van der Waals surface area (Å²) >= 11 is 1.38. The minimum atomic E-state index is -0.303. The van der Waals surface area contributed by atoms with Gasteiger partial charge in [-0.3, -0.25) is 9.89 Å². The molecule has 1 saturated heterocycles. The number of nitrogens with zero attached hydrogens (tertiary/aromatic N) is 3. The summed E-state index contributed by atoms with van der Waals surface area (Å²) in [6.45, 7) is 13.8. The van der Waals surface area contributed by atoms with Crippen molar-refractivity contribution in [3.05, 3.63) is 15.6 Å². The lowest BCUT2D eigenvalue weighted by Gasteiger charge is -2.35. The lowest BCUT2D eigenvalue weighted by molar-refractivity contribution is 0.0531. The van der Waals surface area contributed by atoms with Gasteiger partial charge in [-0.05, 0) is 53.0 Å². The maximum Gasteiger partial charge on any atom is 0.350 e. The van der Waals surface area contributed by atoms with Crippen LogP contribution in [0.2, 0.25) is 0 Å². The third-order valence-corrected chi connectivity index (χ3v) is 6.42. The first kappa shape index (κ1) is 26.1. The third kappa shape index (κ3) is 7.67. The Bertz CT molecular complexity index is 682. The first-order valence-corrected chi connectivity index (χ1v) is 11.0. The van der Waals surface area contributed by atoms with Crippen molar-refractivity contribution in [2.45, 2.75) is 59.5 Å². The van der Waals surface area contributed by atoms with Gasteiger partial charge in [0.1, 0.15) is 9.88 Å². The number of hydrogen-bond donors (Lipinski definition) is 2. The summed E-state index contributed by atoms with van der Waals surface area (Å²) in [5.41, 5.74) is 0.711. The molecular weight excluding hydrogens is 501 g/mol. The molecule has 0 saturated carbocycles. The molecule has 3 unspecified atom stereocenters. The molecule has 0 aliphatic carbocycles. The second-order valence-electron chi connectivity index (χ2n) is 7.60. The van der Waals surface area contributed by atoms with Gasteiger partial charge in [0.15, 0.2) is 5.96 Å². The average Bonchev–Trinajstić information content (AvgIpc) is 3.06. The van der Waals surface area contributed by atoms with Crippen LogP contribution in [-0.4, -0.2) is 61.1 Å². The number of piperidine rings is 1. The molecule has 2 N–H and O–H groups in total. The zero-order valence-corrected chi connectivity index (χ0v) is 21.6. The van der Waals surface area contributed by atoms with E-state index < -0.39 is 0 Å². The maximum atomic E-state index is 12.0. The number of hydrogen-bond acceptors (Lipinski definition) is 6. The second kappa shape index (κ2) is 12.7. The summed E-state index contributed by atoms with van der Waals surface area (Å²) < 4.78 is 5.10. The molecule has 7 nitrogen and oxygen atoms in total. The molecule has 1 fully saturated rings. The number of aromatic nitrogens is 1. The van der Waals surface area contributed by atoms with Crippen LogP contribution in [0.5, 0.6) is 0 Å². The number of ether oxygens (including phenoxy) is 1. The van der Waals surface area contributed by atoms with Crippen LogP contribution in [0.15, 0.2) is 4.99 Å². The van der Waals surface area contributed by atoms with Crippen LogP contribution in [0.25, 0.3) is 0 Å². The molecule has 1 aromatic heterocycles. The number of likely N-dealkylation sites (tertiary alicyclic amines) is 1. The Kier molecular flexibility index (Phi) is 11.4. The summed E-state index contributed by atoms with van der Waals surface area (Å²) in [7, 11) is 1.77. The molecule has 166 valence electrons. The molecule has 9 heteroatoms. The van der Waals surface area contributed by atoms with Crippen molar-refractivity contribution in [3.63, 3.8) is 0 Å². The molecular formula is C20H36IN5O2S. The number of halogens is 1. The number of rotatable bonds is 7. The highest BCUT2D eigenvalue weighted by atomic mass is 127. The molecule has 0 aromatic carbocycles. The van der Waals surface area contributed by atoms with E-state index in [4.69, 9.17) is 4.74 Å². The number of thiazole rings is 1. The van der Waals surface area contributed by atoms with Gasteiger partial charge in [0.2, 0.25) is 0 Å². The summed E-state index contributed by atoms with van der Waals surface area (Å²) in [6, 6.07) is 0.400. The highest BCUT2D eigenvalue weighted by molar-refractivity contribution is 14.0. The first-order valence-electron chi connectivity index (χ1n) is 10.2. The van der Waals surface area contributed by atoms with Crippen molar-refractivity contribution >= 4 is 47.2 Å². The van der Waals surface area contributed by atoms with Crippen molar-refractivity contribution in [1.29, 1.82) is 0 Å². The molecule has 0 amide bonds. The zero-order chi connectivity index (χ0) is 20.7. The minimum Gasteiger partial charge on any atom is -0.462 e. The highest BCUT2D eigenvalue weighted by Crippen LogP contribution is 2.24. The van der Waals surface area contributed by atoms with E-state index in [1.54, 1.807) is 14.0 Å². The number of nitrogens with one attached hydrogen (secondary N) is 2. The Balaban J connectivity index is 0.00000420. The molecule has 1 aliphatic rings. The number of aryl methyl sites for hydroxylation is 1. The van der Waals surface area contributed by atoms with E-state index in [2.05, 4.69) is 39.4 Å². The predicted molar refractivity (Wildman–Crippen MR) is 131 cm³/mol. The number of carbonyl (C=O) groups excluding carboxylic acids is 1. The Morgan fingerprint density at radius 2 is 2.17 bits per heavy atom. The van der Waals surface area contributed by atoms with Crippen LogP contribution in [0.3, 0.4) is 0 Å². The molecule has 2 rings (SSSR count). The van der Waals surface area contributed by atoms with Gasteiger partial charge in [-0.25, -0.2) is 9.78 Å². The minimum absolute atomic E-state index is 0. The van der Waals surface area contributed by atoms with Crippen molar-refractivity contribution in [3.8, 4) is 0 Å². The molecule has 0 bridgehead atoms. The third-order valence-electron chi connectivity index (χ3n) is 5.10. The molecule has 3 atom stereocenters. The van der Waals surface area contributed by atoms with E-state index in [0.717, 1.165) is 23.4 Å². The van der Waals surface area contributed by atoms with E-state index >= 15 is 0 Å². The average molecular weight is 538 g/mol. The van der Waals surface area contributed by atoms with E-state index in [9.17, 15) is 4.79 Å². The Labute approximate surface area is 196 Å². The maximum absolute atomic E-state index is 12.0. The van der Waals surface area contributed by atoms with Crippen LogP contribution >= 0.6 is 35.3 Å². The summed E-state index contributed by atoms with van der Waals surface area (Å²) in [6.07, 6.45) is 2.61. The molecule has 29 heavy (non-hydrogen) atoms. The van der Waals surface area contributed by atoms with Gasteiger partial charge in [0, 0.05) is 26.2 Å². The SMILES string of the molecule is CCOC(=O)c1sc(C(C)NC(=NC)NCC(C)N2CCCC(C)C2)nc1C.I. The monoisotopic (exact) mass is 537 g/mol. The van der Waals surface area contributed by atoms with Gasteiger partial charge in [0.25, 0.3) is 0 Å². The van der Waals surface area contributed by atoms with E-state index in [1.807, 2.05) is 13.8 Å². The number of guanidine groups is 1. The van der Waals surface area contributed by atoms with Gasteiger partial charge < -0.3 is 15.4 Å². The Morgan fingerprint density at radius 3 is 2.79 bits per heavy atom. The molecule has 2 heterocycles. The lowest BCUT2D eigenvalue weighted by atomic mass is 9.99. The molecule has 0 radical (unpaired) electrons. The number of esters is 1. The Morgan fingerprint density at radius 1 is 1.45 bits per heavy atom. The van der Waals surface area contributed by atoms with E-state index in [1.165, 1.54) is 37.3 Å².